The van der Waals surface area contributed by atoms with Crippen LogP contribution in [0.1, 0.15) is 183 Å². The van der Waals surface area contributed by atoms with Crippen LogP contribution in [-0.2, 0) is 23.9 Å². The number of hydrogen-bond donors (Lipinski definition) is 1. The smallest absolute Gasteiger partial charge is 0.309 e. The van der Waals surface area contributed by atoms with Gasteiger partial charge in [-0.1, -0.05) is 80.9 Å². The number of unbranched alkanes of at least 4 members (excludes halogenated alkanes) is 1. The molecule has 1 aromatic heterocycles. The molecule has 1 aromatic carbocycles. The number of fused-ring (bicyclic) bond motifs is 7. The second-order valence-electron chi connectivity index (χ2n) is 25.5. The van der Waals surface area contributed by atoms with Gasteiger partial charge in [-0.3, -0.25) is 14.4 Å². The van der Waals surface area contributed by atoms with E-state index >= 15 is 4.79 Å². The highest BCUT2D eigenvalue weighted by molar-refractivity contribution is 5.85. The van der Waals surface area contributed by atoms with Crippen molar-refractivity contribution in [3.8, 4) is 11.3 Å². The van der Waals surface area contributed by atoms with Crippen molar-refractivity contribution in [1.82, 2.24) is 14.9 Å². The Balaban J connectivity index is 0.879. The number of halogens is 1. The van der Waals surface area contributed by atoms with Crippen molar-refractivity contribution in [2.24, 2.45) is 79.3 Å². The lowest BCUT2D eigenvalue weighted by Gasteiger charge is -2.73. The van der Waals surface area contributed by atoms with Crippen LogP contribution >= 0.6 is 0 Å². The maximum absolute atomic E-state index is 15.7. The second kappa shape index (κ2) is 15.7. The van der Waals surface area contributed by atoms with Gasteiger partial charge in [0.1, 0.15) is 17.7 Å². The van der Waals surface area contributed by atoms with E-state index in [2.05, 4.69) is 58.4 Å². The maximum atomic E-state index is 15.7. The number of aromatic amines is 1. The standard InChI is InChI=1S/C56H80FN3O5/c1-10-11-30-64-47(61)38-32-39(50(38,2)3)48(62)65-44-21-22-53(7)42(51(44,4)5)20-23-55(9)43(53)18-17-37-45-36(52(6)25-26-52)19-24-56(45,28-27-54(37,55)8)49(63)60-29-13-16-41(60)46-58-33-40(59-46)34-14-12-15-35(57)31-34/h12,14-15,31,33,36-39,41-45H,10-11,13,16-30,32H2,1-9H3,(H,58,59)/t36-,37-,38+,39-,41+,42+,43-,44+,45-,53+,54-,55-,56+/m1/s1. The first-order chi connectivity index (χ1) is 30.7. The van der Waals surface area contributed by atoms with Crippen LogP contribution in [0, 0.1) is 85.1 Å². The van der Waals surface area contributed by atoms with E-state index in [1.165, 1.54) is 44.6 Å². The molecule has 9 heteroatoms. The third-order valence-electron chi connectivity index (χ3n) is 22.1. The first kappa shape index (κ1) is 45.5. The fourth-order valence-corrected chi connectivity index (χ4v) is 17.8. The van der Waals surface area contributed by atoms with E-state index in [1.807, 2.05) is 26.1 Å². The summed E-state index contributed by atoms with van der Waals surface area (Å²) in [5, 5.41) is 0. The molecule has 8 fully saturated rings. The molecule has 356 valence electrons. The monoisotopic (exact) mass is 894 g/mol. The quantitative estimate of drug-likeness (QED) is 0.188. The Bertz CT molecular complexity index is 2190. The molecule has 0 radical (unpaired) electrons. The van der Waals surface area contributed by atoms with E-state index in [0.717, 1.165) is 87.8 Å². The number of esters is 2. The second-order valence-corrected chi connectivity index (χ2v) is 25.5. The summed E-state index contributed by atoms with van der Waals surface area (Å²) < 4.78 is 26.4. The molecule has 0 bridgehead atoms. The topological polar surface area (TPSA) is 102 Å². The predicted octanol–water partition coefficient (Wildman–Crippen LogP) is 12.7. The van der Waals surface area contributed by atoms with Crippen LogP contribution < -0.4 is 0 Å². The Morgan fingerprint density at radius 2 is 1.57 bits per heavy atom. The molecule has 8 aliphatic rings. The zero-order chi connectivity index (χ0) is 46.1. The van der Waals surface area contributed by atoms with Crippen LogP contribution in [0.15, 0.2) is 30.5 Å². The zero-order valence-electron chi connectivity index (χ0n) is 41.3. The first-order valence-corrected chi connectivity index (χ1v) is 26.2. The summed E-state index contributed by atoms with van der Waals surface area (Å²) in [5.41, 5.74) is 1.36. The normalized spacial score (nSPS) is 41.8. The Labute approximate surface area is 389 Å². The molecule has 7 aliphatic carbocycles. The number of amides is 1. The van der Waals surface area contributed by atoms with Crippen molar-refractivity contribution in [3.63, 3.8) is 0 Å². The van der Waals surface area contributed by atoms with Gasteiger partial charge in [-0.25, -0.2) is 9.37 Å². The fourth-order valence-electron chi connectivity index (χ4n) is 17.8. The molecule has 65 heavy (non-hydrogen) atoms. The van der Waals surface area contributed by atoms with Crippen molar-refractivity contribution in [3.05, 3.63) is 42.1 Å². The number of likely N-dealkylation sites (tertiary alicyclic amines) is 1. The molecule has 10 rings (SSSR count). The summed E-state index contributed by atoms with van der Waals surface area (Å²) >= 11 is 0. The van der Waals surface area contributed by atoms with Crippen molar-refractivity contribution < 1.29 is 28.2 Å². The molecule has 0 unspecified atom stereocenters. The van der Waals surface area contributed by atoms with Gasteiger partial charge in [-0.15, -0.1) is 0 Å². The third-order valence-corrected chi connectivity index (χ3v) is 22.1. The maximum Gasteiger partial charge on any atom is 0.309 e. The average Bonchev–Trinajstić information content (AvgIpc) is 3.63. The van der Waals surface area contributed by atoms with Gasteiger partial charge in [0.25, 0.3) is 0 Å². The molecule has 7 saturated carbocycles. The fraction of sp³-hybridized carbons (Fsp3) is 0.786. The first-order valence-electron chi connectivity index (χ1n) is 26.2. The lowest BCUT2D eigenvalue weighted by atomic mass is 9.32. The predicted molar refractivity (Wildman–Crippen MR) is 250 cm³/mol. The Morgan fingerprint density at radius 1 is 0.800 bits per heavy atom. The Kier molecular flexibility index (Phi) is 11.0. The van der Waals surface area contributed by atoms with Crippen LogP contribution in [0.3, 0.4) is 0 Å². The molecule has 1 amide bonds. The Morgan fingerprint density at radius 3 is 2.29 bits per heavy atom. The Hall–Kier alpha value is -3.23. The molecule has 2 aromatic rings. The number of nitrogens with one attached hydrogen (secondary N) is 1. The van der Waals surface area contributed by atoms with Crippen molar-refractivity contribution in [2.45, 2.75) is 184 Å². The minimum atomic E-state index is -0.475. The molecular weight excluding hydrogens is 814 g/mol. The highest BCUT2D eigenvalue weighted by atomic mass is 19.1. The highest BCUT2D eigenvalue weighted by Crippen LogP contribution is 2.79. The minimum Gasteiger partial charge on any atom is -0.465 e. The number of H-pyrrole nitrogens is 1. The van der Waals surface area contributed by atoms with Gasteiger partial charge in [0, 0.05) is 17.5 Å². The molecule has 8 nitrogen and oxygen atoms in total. The largest absolute Gasteiger partial charge is 0.465 e. The van der Waals surface area contributed by atoms with Crippen LogP contribution in [0.25, 0.3) is 11.3 Å². The third kappa shape index (κ3) is 6.72. The van der Waals surface area contributed by atoms with E-state index in [4.69, 9.17) is 14.5 Å². The van der Waals surface area contributed by atoms with E-state index in [0.29, 0.717) is 53.9 Å². The molecule has 2 heterocycles. The van der Waals surface area contributed by atoms with Crippen LogP contribution in [0.5, 0.6) is 0 Å². The van der Waals surface area contributed by atoms with Gasteiger partial charge in [-0.05, 0) is 172 Å². The van der Waals surface area contributed by atoms with Gasteiger partial charge in [0.2, 0.25) is 5.91 Å². The number of aromatic nitrogens is 2. The van der Waals surface area contributed by atoms with Gasteiger partial charge in [0.05, 0.1) is 41.8 Å². The molecule has 13 atom stereocenters. The van der Waals surface area contributed by atoms with Crippen LogP contribution in [-0.4, -0.2) is 52.0 Å². The number of hydrogen-bond acceptors (Lipinski definition) is 6. The molecule has 1 aliphatic heterocycles. The molecule has 1 N–H and O–H groups in total. The van der Waals surface area contributed by atoms with E-state index in [1.54, 1.807) is 12.1 Å². The average molecular weight is 894 g/mol. The SMILES string of the molecule is CCCCOC(=O)[C@@H]1C[C@H](C(=O)O[C@H]2CC[C@]3(C)[C@H]4CC[C@@H]5[C@H]6[C@H](C7(C)CC7)CC[C@]6(C(=O)N6CCC[C@H]6c6ncc(-c7cccc(F)c7)[nH]6)CC[C@@]5(C)[C@]4(C)CC[C@H]3C2(C)C)C1(C)C. The van der Waals surface area contributed by atoms with Crippen molar-refractivity contribution in [2.75, 3.05) is 13.2 Å². The summed E-state index contributed by atoms with van der Waals surface area (Å²) in [5.74, 6) is 2.62. The van der Waals surface area contributed by atoms with Crippen LogP contribution in [0.2, 0.25) is 0 Å². The molecule has 1 saturated heterocycles. The molecular formula is C56H80FN3O5. The number of nitrogens with zero attached hydrogens (tertiary/aromatic N) is 2. The highest BCUT2D eigenvalue weighted by Gasteiger charge is 2.74. The summed E-state index contributed by atoms with van der Waals surface area (Å²) in [6, 6.07) is 6.57. The van der Waals surface area contributed by atoms with E-state index in [-0.39, 0.29) is 68.8 Å². The van der Waals surface area contributed by atoms with Gasteiger partial charge < -0.3 is 19.4 Å². The minimum absolute atomic E-state index is 0.0822. The van der Waals surface area contributed by atoms with Crippen LogP contribution in [0.4, 0.5) is 4.39 Å². The zero-order valence-corrected chi connectivity index (χ0v) is 41.3. The lowest BCUT2D eigenvalue weighted by molar-refractivity contribution is -0.253. The summed E-state index contributed by atoms with van der Waals surface area (Å²) in [4.78, 5) is 53.3. The van der Waals surface area contributed by atoms with Gasteiger partial charge >= 0.3 is 11.9 Å². The summed E-state index contributed by atoms with van der Waals surface area (Å²) in [6.07, 6.45) is 19.4. The molecule has 0 spiro atoms. The number of benzene rings is 1. The summed E-state index contributed by atoms with van der Waals surface area (Å²) in [7, 11) is 0. The number of rotatable bonds is 10. The number of carbonyl (C=O) groups is 3. The van der Waals surface area contributed by atoms with Crippen molar-refractivity contribution >= 4 is 17.8 Å². The number of ether oxygens (including phenoxy) is 2. The van der Waals surface area contributed by atoms with Gasteiger partial charge in [0.15, 0.2) is 0 Å². The van der Waals surface area contributed by atoms with Crippen molar-refractivity contribution in [1.29, 1.82) is 0 Å². The summed E-state index contributed by atoms with van der Waals surface area (Å²) in [6.45, 7) is 22.7. The number of carbonyl (C=O) groups excluding carboxylic acids is 3. The lowest BCUT2D eigenvalue weighted by Crippen LogP contribution is -2.67. The number of imidazole rings is 1. The van der Waals surface area contributed by atoms with E-state index in [9.17, 15) is 14.0 Å². The van der Waals surface area contributed by atoms with E-state index < -0.39 is 5.41 Å². The van der Waals surface area contributed by atoms with Gasteiger partial charge in [-0.2, -0.15) is 0 Å².